The summed E-state index contributed by atoms with van der Waals surface area (Å²) in [6.07, 6.45) is 0. The minimum absolute atomic E-state index is 0. The van der Waals surface area contributed by atoms with Crippen molar-refractivity contribution in [3.63, 3.8) is 0 Å². The van der Waals surface area contributed by atoms with Crippen LogP contribution in [0.2, 0.25) is 0 Å². The van der Waals surface area contributed by atoms with Gasteiger partial charge in [-0.25, -0.2) is 0 Å². The van der Waals surface area contributed by atoms with Crippen molar-refractivity contribution in [2.75, 3.05) is 13.2 Å². The summed E-state index contributed by atoms with van der Waals surface area (Å²) in [5.41, 5.74) is 6.57. The highest BCUT2D eigenvalue weighted by molar-refractivity contribution is 9.10. The van der Waals surface area contributed by atoms with Crippen LogP contribution in [0.4, 0.5) is 0 Å². The molecule has 0 heterocycles. The number of rotatable bonds is 3. The fourth-order valence-electron chi connectivity index (χ4n) is 1.08. The average Bonchev–Trinajstić information content (AvgIpc) is 2.07. The summed E-state index contributed by atoms with van der Waals surface area (Å²) in [6.45, 7) is 0.583. The Kier molecular flexibility index (Phi) is 6.33. The molecule has 0 bridgehead atoms. The second kappa shape index (κ2) is 6.38. The van der Waals surface area contributed by atoms with Crippen LogP contribution < -0.4 is 5.73 Å². The lowest BCUT2D eigenvalue weighted by atomic mass is 10.0. The van der Waals surface area contributed by atoms with Gasteiger partial charge < -0.3 is 10.8 Å². The molecule has 1 unspecified atom stereocenters. The summed E-state index contributed by atoms with van der Waals surface area (Å²) >= 11 is 3.37. The number of aliphatic hydroxyl groups is 1. The Hall–Kier alpha value is -0.0900. The lowest BCUT2D eigenvalue weighted by Crippen LogP contribution is -2.15. The molecule has 0 spiro atoms. The number of halogens is 2. The Morgan fingerprint density at radius 1 is 1.46 bits per heavy atom. The first kappa shape index (κ1) is 12.9. The van der Waals surface area contributed by atoms with E-state index in [0.29, 0.717) is 6.54 Å². The number of nitrogens with two attached hydrogens (primary N) is 1. The highest BCUT2D eigenvalue weighted by Crippen LogP contribution is 2.18. The average molecular weight is 267 g/mol. The Morgan fingerprint density at radius 3 is 2.62 bits per heavy atom. The molecule has 0 radical (unpaired) electrons. The topological polar surface area (TPSA) is 46.2 Å². The van der Waals surface area contributed by atoms with Gasteiger partial charge in [0.15, 0.2) is 0 Å². The monoisotopic (exact) mass is 265 g/mol. The Morgan fingerprint density at radius 2 is 2.15 bits per heavy atom. The third kappa shape index (κ3) is 3.65. The summed E-state index contributed by atoms with van der Waals surface area (Å²) in [5, 5.41) is 8.98. The maximum absolute atomic E-state index is 8.98. The quantitative estimate of drug-likeness (QED) is 0.878. The van der Waals surface area contributed by atoms with Crippen molar-refractivity contribution in [2.45, 2.75) is 5.92 Å². The van der Waals surface area contributed by atoms with Crippen LogP contribution in [-0.4, -0.2) is 18.3 Å². The fraction of sp³-hybridized carbons (Fsp3) is 0.333. The van der Waals surface area contributed by atoms with Crippen LogP contribution in [0, 0.1) is 0 Å². The molecule has 0 aliphatic rings. The molecule has 2 nitrogen and oxygen atoms in total. The molecule has 0 saturated carbocycles. The normalized spacial score (nSPS) is 11.9. The van der Waals surface area contributed by atoms with E-state index in [9.17, 15) is 0 Å². The molecular weight excluding hydrogens is 253 g/mol. The van der Waals surface area contributed by atoms with Crippen LogP contribution in [0.15, 0.2) is 28.7 Å². The largest absolute Gasteiger partial charge is 0.396 e. The summed E-state index contributed by atoms with van der Waals surface area (Å²) in [6, 6.07) is 7.85. The van der Waals surface area contributed by atoms with E-state index in [-0.39, 0.29) is 24.9 Å². The van der Waals surface area contributed by atoms with Crippen molar-refractivity contribution < 1.29 is 5.11 Å². The summed E-state index contributed by atoms with van der Waals surface area (Å²) in [7, 11) is 0. The number of aliphatic hydroxyl groups excluding tert-OH is 1. The van der Waals surface area contributed by atoms with Crippen LogP contribution in [0.1, 0.15) is 11.5 Å². The second-order valence-corrected chi connectivity index (χ2v) is 3.59. The van der Waals surface area contributed by atoms with Crippen LogP contribution in [-0.2, 0) is 0 Å². The molecule has 1 rings (SSSR count). The van der Waals surface area contributed by atoms with Gasteiger partial charge in [0, 0.05) is 16.9 Å². The minimum Gasteiger partial charge on any atom is -0.396 e. The molecule has 0 aliphatic heterocycles. The van der Waals surface area contributed by atoms with E-state index in [0.717, 1.165) is 10.0 Å². The van der Waals surface area contributed by atoms with Gasteiger partial charge in [-0.05, 0) is 17.7 Å². The Balaban J connectivity index is 0.00000144. The number of hydrogen-bond donors (Lipinski definition) is 2. The van der Waals surface area contributed by atoms with Gasteiger partial charge in [0.05, 0.1) is 6.61 Å². The molecule has 0 amide bonds. The lowest BCUT2D eigenvalue weighted by molar-refractivity contribution is 0.268. The molecule has 4 heteroatoms. The SMILES string of the molecule is Cl.NCC(CO)c1cccc(Br)c1. The van der Waals surface area contributed by atoms with Crippen LogP contribution >= 0.6 is 28.3 Å². The van der Waals surface area contributed by atoms with Gasteiger partial charge in [0.1, 0.15) is 0 Å². The van der Waals surface area contributed by atoms with Gasteiger partial charge in [-0.2, -0.15) is 0 Å². The zero-order valence-electron chi connectivity index (χ0n) is 7.11. The van der Waals surface area contributed by atoms with E-state index in [2.05, 4.69) is 15.9 Å². The molecule has 3 N–H and O–H groups in total. The fourth-order valence-corrected chi connectivity index (χ4v) is 1.49. The molecule has 1 aromatic rings. The predicted octanol–water partition coefficient (Wildman–Crippen LogP) is 1.91. The maximum atomic E-state index is 8.98. The zero-order chi connectivity index (χ0) is 8.97. The first-order valence-corrected chi connectivity index (χ1v) is 4.63. The van der Waals surface area contributed by atoms with Gasteiger partial charge in [-0.3, -0.25) is 0 Å². The summed E-state index contributed by atoms with van der Waals surface area (Å²) in [5.74, 6) is 0.0579. The molecule has 0 saturated heterocycles. The first-order chi connectivity index (χ1) is 5.77. The molecule has 74 valence electrons. The van der Waals surface area contributed by atoms with Gasteiger partial charge in [-0.15, -0.1) is 12.4 Å². The van der Waals surface area contributed by atoms with Crippen LogP contribution in [0.5, 0.6) is 0 Å². The standard InChI is InChI=1S/C9H12BrNO.ClH/c10-9-3-1-2-7(4-9)8(5-11)6-12;/h1-4,8,12H,5-6,11H2;1H. The van der Waals surface area contributed by atoms with Crippen molar-refractivity contribution in [3.8, 4) is 0 Å². The highest BCUT2D eigenvalue weighted by Gasteiger charge is 2.07. The predicted molar refractivity (Wildman–Crippen MR) is 60.3 cm³/mol. The Bertz CT molecular complexity index is 253. The smallest absolute Gasteiger partial charge is 0.0511 e. The lowest BCUT2D eigenvalue weighted by Gasteiger charge is -2.11. The third-order valence-electron chi connectivity index (χ3n) is 1.82. The van der Waals surface area contributed by atoms with Crippen molar-refractivity contribution in [3.05, 3.63) is 34.3 Å². The summed E-state index contributed by atoms with van der Waals surface area (Å²) < 4.78 is 1.02. The van der Waals surface area contributed by atoms with Crippen molar-refractivity contribution in [2.24, 2.45) is 5.73 Å². The van der Waals surface area contributed by atoms with Crippen molar-refractivity contribution >= 4 is 28.3 Å². The molecule has 0 aliphatic carbocycles. The van der Waals surface area contributed by atoms with Crippen molar-refractivity contribution in [1.82, 2.24) is 0 Å². The van der Waals surface area contributed by atoms with E-state index in [1.54, 1.807) is 0 Å². The third-order valence-corrected chi connectivity index (χ3v) is 2.32. The minimum atomic E-state index is 0. The van der Waals surface area contributed by atoms with E-state index in [1.807, 2.05) is 24.3 Å². The molecule has 0 fully saturated rings. The van der Waals surface area contributed by atoms with Gasteiger partial charge >= 0.3 is 0 Å². The van der Waals surface area contributed by atoms with E-state index in [4.69, 9.17) is 10.8 Å². The van der Waals surface area contributed by atoms with Gasteiger partial charge in [0.2, 0.25) is 0 Å². The molecule has 0 aromatic heterocycles. The first-order valence-electron chi connectivity index (χ1n) is 3.84. The zero-order valence-corrected chi connectivity index (χ0v) is 9.51. The van der Waals surface area contributed by atoms with E-state index >= 15 is 0 Å². The summed E-state index contributed by atoms with van der Waals surface area (Å²) in [4.78, 5) is 0. The van der Waals surface area contributed by atoms with Crippen LogP contribution in [0.3, 0.4) is 0 Å². The Labute approximate surface area is 92.7 Å². The maximum Gasteiger partial charge on any atom is 0.0511 e. The molecular formula is C9H13BrClNO. The van der Waals surface area contributed by atoms with Crippen LogP contribution in [0.25, 0.3) is 0 Å². The van der Waals surface area contributed by atoms with Gasteiger partial charge in [0.25, 0.3) is 0 Å². The van der Waals surface area contributed by atoms with E-state index < -0.39 is 0 Å². The number of hydrogen-bond acceptors (Lipinski definition) is 2. The highest BCUT2D eigenvalue weighted by atomic mass is 79.9. The van der Waals surface area contributed by atoms with Gasteiger partial charge in [-0.1, -0.05) is 28.1 Å². The van der Waals surface area contributed by atoms with Crippen molar-refractivity contribution in [1.29, 1.82) is 0 Å². The second-order valence-electron chi connectivity index (χ2n) is 2.67. The molecule has 13 heavy (non-hydrogen) atoms. The van der Waals surface area contributed by atoms with E-state index in [1.165, 1.54) is 0 Å². The molecule has 1 aromatic carbocycles. The molecule has 1 atom stereocenters. The number of benzene rings is 1.